The molecule has 1 atom stereocenters. The van der Waals surface area contributed by atoms with Crippen molar-refractivity contribution in [1.29, 1.82) is 0 Å². The number of amides is 1. The van der Waals surface area contributed by atoms with Crippen LogP contribution in [-0.4, -0.2) is 11.9 Å². The fraction of sp³-hybridized carbons (Fsp3) is 0.533. The molecule has 1 N–H and O–H groups in total. The zero-order valence-electron chi connectivity index (χ0n) is 11.3. The summed E-state index contributed by atoms with van der Waals surface area (Å²) in [5, 5.41) is 3.02. The van der Waals surface area contributed by atoms with Crippen LogP contribution in [0.2, 0.25) is 0 Å². The number of aryl methyl sites for hydroxylation is 2. The van der Waals surface area contributed by atoms with Gasteiger partial charge in [0.2, 0.25) is 5.91 Å². The maximum atomic E-state index is 11.8. The molecule has 1 unspecified atom stereocenters. The molecule has 17 heavy (non-hydrogen) atoms. The molecule has 0 aliphatic carbocycles. The normalized spacial score (nSPS) is 12.2. The van der Waals surface area contributed by atoms with Gasteiger partial charge in [0.05, 0.1) is 6.42 Å². The number of hydrogen-bond donors (Lipinski definition) is 1. The van der Waals surface area contributed by atoms with Crippen LogP contribution in [0.4, 0.5) is 0 Å². The third-order valence-corrected chi connectivity index (χ3v) is 3.07. The Bertz CT molecular complexity index is 385. The monoisotopic (exact) mass is 233 g/mol. The average molecular weight is 233 g/mol. The smallest absolute Gasteiger partial charge is 0.224 e. The van der Waals surface area contributed by atoms with Gasteiger partial charge in [-0.2, -0.15) is 0 Å². The molecule has 2 nitrogen and oxygen atoms in total. The highest BCUT2D eigenvalue weighted by Crippen LogP contribution is 2.10. The van der Waals surface area contributed by atoms with Crippen molar-refractivity contribution in [3.8, 4) is 0 Å². The summed E-state index contributed by atoms with van der Waals surface area (Å²) in [6.07, 6.45) is 2.62. The summed E-state index contributed by atoms with van der Waals surface area (Å²) < 4.78 is 0. The van der Waals surface area contributed by atoms with Gasteiger partial charge in [0.15, 0.2) is 0 Å². The number of carbonyl (C=O) groups excluding carboxylic acids is 1. The standard InChI is InChI=1S/C15H23NO/c1-5-6-13(4)16-15(17)10-14-8-7-11(2)12(3)9-14/h7-9,13H,5-6,10H2,1-4H3,(H,16,17). The number of benzene rings is 1. The largest absolute Gasteiger partial charge is 0.353 e. The summed E-state index contributed by atoms with van der Waals surface area (Å²) in [6, 6.07) is 6.48. The highest BCUT2D eigenvalue weighted by Gasteiger charge is 2.07. The van der Waals surface area contributed by atoms with E-state index in [-0.39, 0.29) is 11.9 Å². The van der Waals surface area contributed by atoms with Gasteiger partial charge in [0, 0.05) is 6.04 Å². The molecule has 0 spiro atoms. The van der Waals surface area contributed by atoms with Gasteiger partial charge in [-0.1, -0.05) is 31.5 Å². The molecule has 1 rings (SSSR count). The summed E-state index contributed by atoms with van der Waals surface area (Å²) in [5.41, 5.74) is 3.61. The van der Waals surface area contributed by atoms with E-state index in [0.717, 1.165) is 18.4 Å². The molecule has 1 aromatic rings. The van der Waals surface area contributed by atoms with Crippen LogP contribution in [0.3, 0.4) is 0 Å². The summed E-state index contributed by atoms with van der Waals surface area (Å²) in [4.78, 5) is 11.8. The Labute approximate surface area is 104 Å². The first-order valence-corrected chi connectivity index (χ1v) is 6.38. The second kappa shape index (κ2) is 6.43. The Morgan fingerprint density at radius 1 is 1.29 bits per heavy atom. The van der Waals surface area contributed by atoms with Gasteiger partial charge in [-0.25, -0.2) is 0 Å². The van der Waals surface area contributed by atoms with Crippen LogP contribution >= 0.6 is 0 Å². The average Bonchev–Trinajstić information content (AvgIpc) is 2.23. The Balaban J connectivity index is 2.53. The van der Waals surface area contributed by atoms with Crippen molar-refractivity contribution >= 4 is 5.91 Å². The van der Waals surface area contributed by atoms with E-state index in [4.69, 9.17) is 0 Å². The van der Waals surface area contributed by atoms with Crippen molar-refractivity contribution in [2.75, 3.05) is 0 Å². The quantitative estimate of drug-likeness (QED) is 0.831. The van der Waals surface area contributed by atoms with E-state index in [1.165, 1.54) is 11.1 Å². The maximum Gasteiger partial charge on any atom is 0.224 e. The zero-order valence-corrected chi connectivity index (χ0v) is 11.3. The lowest BCUT2D eigenvalue weighted by molar-refractivity contribution is -0.121. The van der Waals surface area contributed by atoms with Crippen molar-refractivity contribution in [2.24, 2.45) is 0 Å². The number of carbonyl (C=O) groups is 1. The first-order chi connectivity index (χ1) is 8.02. The predicted octanol–water partition coefficient (Wildman–Crippen LogP) is 3.15. The van der Waals surface area contributed by atoms with Gasteiger partial charge < -0.3 is 5.32 Å². The van der Waals surface area contributed by atoms with Gasteiger partial charge in [0.1, 0.15) is 0 Å². The maximum absolute atomic E-state index is 11.8. The van der Waals surface area contributed by atoms with Gasteiger partial charge in [-0.15, -0.1) is 0 Å². The molecule has 0 bridgehead atoms. The van der Waals surface area contributed by atoms with Crippen LogP contribution in [0.15, 0.2) is 18.2 Å². The number of nitrogens with one attached hydrogen (secondary N) is 1. The molecule has 1 aromatic carbocycles. The summed E-state index contributed by atoms with van der Waals surface area (Å²) in [7, 11) is 0. The fourth-order valence-electron chi connectivity index (χ4n) is 1.93. The van der Waals surface area contributed by atoms with E-state index in [2.05, 4.69) is 45.1 Å². The Hall–Kier alpha value is -1.31. The van der Waals surface area contributed by atoms with Crippen molar-refractivity contribution in [2.45, 2.75) is 53.0 Å². The Morgan fingerprint density at radius 3 is 2.59 bits per heavy atom. The number of hydrogen-bond acceptors (Lipinski definition) is 1. The third kappa shape index (κ3) is 4.59. The fourth-order valence-corrected chi connectivity index (χ4v) is 1.93. The molecule has 0 saturated carbocycles. The Kier molecular flexibility index (Phi) is 5.20. The molecule has 0 saturated heterocycles. The zero-order chi connectivity index (χ0) is 12.8. The van der Waals surface area contributed by atoms with E-state index in [1.807, 2.05) is 6.07 Å². The van der Waals surface area contributed by atoms with Gasteiger partial charge in [-0.05, 0) is 43.9 Å². The summed E-state index contributed by atoms with van der Waals surface area (Å²) >= 11 is 0. The van der Waals surface area contributed by atoms with Crippen molar-refractivity contribution < 1.29 is 4.79 Å². The molecular weight excluding hydrogens is 210 g/mol. The molecule has 1 amide bonds. The minimum absolute atomic E-state index is 0.120. The lowest BCUT2D eigenvalue weighted by Gasteiger charge is -2.13. The molecule has 0 heterocycles. The molecule has 94 valence electrons. The van der Waals surface area contributed by atoms with Crippen LogP contribution in [0, 0.1) is 13.8 Å². The molecule has 0 aromatic heterocycles. The van der Waals surface area contributed by atoms with Crippen LogP contribution in [0.25, 0.3) is 0 Å². The van der Waals surface area contributed by atoms with E-state index in [0.29, 0.717) is 6.42 Å². The lowest BCUT2D eigenvalue weighted by Crippen LogP contribution is -2.33. The van der Waals surface area contributed by atoms with Crippen molar-refractivity contribution in [3.05, 3.63) is 34.9 Å². The molecule has 2 heteroatoms. The number of rotatable bonds is 5. The molecule has 0 aliphatic heterocycles. The van der Waals surface area contributed by atoms with Crippen LogP contribution in [0.5, 0.6) is 0 Å². The van der Waals surface area contributed by atoms with E-state index >= 15 is 0 Å². The first kappa shape index (κ1) is 13.8. The highest BCUT2D eigenvalue weighted by molar-refractivity contribution is 5.78. The second-order valence-electron chi connectivity index (χ2n) is 4.85. The minimum atomic E-state index is 0.120. The second-order valence-corrected chi connectivity index (χ2v) is 4.85. The summed E-state index contributed by atoms with van der Waals surface area (Å²) in [6.45, 7) is 8.35. The predicted molar refractivity (Wildman–Crippen MR) is 72.1 cm³/mol. The first-order valence-electron chi connectivity index (χ1n) is 6.38. The highest BCUT2D eigenvalue weighted by atomic mass is 16.1. The van der Waals surface area contributed by atoms with Gasteiger partial charge >= 0.3 is 0 Å². The third-order valence-electron chi connectivity index (χ3n) is 3.07. The topological polar surface area (TPSA) is 29.1 Å². The summed E-state index contributed by atoms with van der Waals surface area (Å²) in [5.74, 6) is 0.120. The molecule has 0 fully saturated rings. The Morgan fingerprint density at radius 2 is 2.00 bits per heavy atom. The van der Waals surface area contributed by atoms with Crippen molar-refractivity contribution in [1.82, 2.24) is 5.32 Å². The lowest BCUT2D eigenvalue weighted by atomic mass is 10.0. The van der Waals surface area contributed by atoms with E-state index in [1.54, 1.807) is 0 Å². The van der Waals surface area contributed by atoms with Crippen molar-refractivity contribution in [3.63, 3.8) is 0 Å². The molecule has 0 aliphatic rings. The van der Waals surface area contributed by atoms with Gasteiger partial charge in [-0.3, -0.25) is 4.79 Å². The van der Waals surface area contributed by atoms with Crippen LogP contribution < -0.4 is 5.32 Å². The SMILES string of the molecule is CCCC(C)NC(=O)Cc1ccc(C)c(C)c1. The van der Waals surface area contributed by atoms with E-state index < -0.39 is 0 Å². The van der Waals surface area contributed by atoms with Gasteiger partial charge in [0.25, 0.3) is 0 Å². The van der Waals surface area contributed by atoms with Crippen LogP contribution in [0.1, 0.15) is 43.4 Å². The molecular formula is C15H23NO. The minimum Gasteiger partial charge on any atom is -0.353 e. The van der Waals surface area contributed by atoms with Crippen LogP contribution in [-0.2, 0) is 11.2 Å². The van der Waals surface area contributed by atoms with E-state index in [9.17, 15) is 4.79 Å². The molecule has 0 radical (unpaired) electrons.